The van der Waals surface area contributed by atoms with Gasteiger partial charge in [0.25, 0.3) is 0 Å². The van der Waals surface area contributed by atoms with Gasteiger partial charge < -0.3 is 15.6 Å². The van der Waals surface area contributed by atoms with E-state index >= 15 is 0 Å². The van der Waals surface area contributed by atoms with Crippen LogP contribution in [0.5, 0.6) is 0 Å². The molecule has 1 aliphatic heterocycles. The Morgan fingerprint density at radius 2 is 2.09 bits per heavy atom. The second-order valence-electron chi connectivity index (χ2n) is 6.92. The molecule has 1 amide bonds. The van der Waals surface area contributed by atoms with Crippen LogP contribution in [0.3, 0.4) is 0 Å². The summed E-state index contributed by atoms with van der Waals surface area (Å²) in [6.45, 7) is 9.32. The lowest BCUT2D eigenvalue weighted by atomic mass is 9.93. The Morgan fingerprint density at radius 3 is 2.57 bits per heavy atom. The number of guanidine groups is 1. The van der Waals surface area contributed by atoms with Gasteiger partial charge in [0.1, 0.15) is 5.60 Å². The predicted molar refractivity (Wildman–Crippen MR) is 88.1 cm³/mol. The molecule has 0 unspecified atom stereocenters. The summed E-state index contributed by atoms with van der Waals surface area (Å²) in [5.41, 5.74) is 6.21. The van der Waals surface area contributed by atoms with Crippen molar-refractivity contribution < 1.29 is 19.4 Å². The van der Waals surface area contributed by atoms with Crippen molar-refractivity contribution in [3.05, 3.63) is 11.6 Å². The van der Waals surface area contributed by atoms with Crippen LogP contribution in [0.4, 0.5) is 4.79 Å². The fourth-order valence-corrected chi connectivity index (χ4v) is 2.39. The van der Waals surface area contributed by atoms with Gasteiger partial charge in [-0.1, -0.05) is 11.6 Å². The van der Waals surface area contributed by atoms with Gasteiger partial charge in [-0.05, 0) is 47.5 Å². The molecule has 0 fully saturated rings. The number of ether oxygens (including phenoxy) is 1. The number of nitrogens with zero attached hydrogens (tertiary/aromatic N) is 2. The minimum atomic E-state index is -0.962. The fraction of sp³-hybridized carbons (Fsp3) is 0.688. The van der Waals surface area contributed by atoms with Crippen molar-refractivity contribution in [2.24, 2.45) is 16.6 Å². The Morgan fingerprint density at radius 1 is 1.48 bits per heavy atom. The number of nitrogens with two attached hydrogens (primary N) is 1. The molecule has 0 aromatic rings. The number of carbonyl (C=O) groups excluding carboxylic acids is 1. The largest absolute Gasteiger partial charge is 0.481 e. The average molecular weight is 325 g/mol. The van der Waals surface area contributed by atoms with Gasteiger partial charge in [0.15, 0.2) is 0 Å². The number of amides is 1. The molecule has 1 rings (SSSR count). The first kappa shape index (κ1) is 19.0. The Bertz CT molecular complexity index is 516. The van der Waals surface area contributed by atoms with Gasteiger partial charge in [0.05, 0.1) is 18.5 Å². The maximum absolute atomic E-state index is 12.3. The molecule has 0 saturated carbocycles. The molecule has 0 radical (unpaired) electrons. The van der Waals surface area contributed by atoms with Gasteiger partial charge in [0, 0.05) is 0 Å². The average Bonchev–Trinajstić information content (AvgIpc) is 2.73. The Kier molecular flexibility index (Phi) is 6.18. The van der Waals surface area contributed by atoms with E-state index in [-0.39, 0.29) is 12.5 Å². The molecule has 130 valence electrons. The van der Waals surface area contributed by atoms with Crippen molar-refractivity contribution in [1.29, 1.82) is 0 Å². The van der Waals surface area contributed by atoms with Crippen LogP contribution in [-0.4, -0.2) is 46.2 Å². The van der Waals surface area contributed by atoms with E-state index in [4.69, 9.17) is 10.5 Å². The summed E-state index contributed by atoms with van der Waals surface area (Å²) in [5, 5.41) is 9.53. The van der Waals surface area contributed by atoms with Gasteiger partial charge in [-0.25, -0.2) is 9.69 Å². The molecule has 2 atom stereocenters. The molecule has 23 heavy (non-hydrogen) atoms. The third kappa shape index (κ3) is 5.58. The van der Waals surface area contributed by atoms with Gasteiger partial charge in [0.2, 0.25) is 5.96 Å². The second kappa shape index (κ2) is 7.48. The zero-order valence-corrected chi connectivity index (χ0v) is 14.5. The predicted octanol–water partition coefficient (Wildman–Crippen LogP) is 2.37. The number of carboxylic acid groups (broad SMARTS) is 1. The first-order chi connectivity index (χ1) is 10.5. The van der Waals surface area contributed by atoms with Crippen molar-refractivity contribution >= 4 is 18.0 Å². The summed E-state index contributed by atoms with van der Waals surface area (Å²) < 4.78 is 5.32. The van der Waals surface area contributed by atoms with E-state index < -0.39 is 29.6 Å². The lowest BCUT2D eigenvalue weighted by Gasteiger charge is -2.30. The van der Waals surface area contributed by atoms with Crippen molar-refractivity contribution in [3.8, 4) is 0 Å². The molecule has 1 aliphatic rings. The first-order valence-corrected chi connectivity index (χ1v) is 7.71. The van der Waals surface area contributed by atoms with E-state index in [0.717, 1.165) is 5.57 Å². The molecule has 0 bridgehead atoms. The first-order valence-electron chi connectivity index (χ1n) is 7.71. The van der Waals surface area contributed by atoms with Crippen LogP contribution >= 0.6 is 0 Å². The molecule has 0 aliphatic carbocycles. The fourth-order valence-electron chi connectivity index (χ4n) is 2.39. The zero-order valence-electron chi connectivity index (χ0n) is 14.5. The van der Waals surface area contributed by atoms with Gasteiger partial charge >= 0.3 is 12.1 Å². The summed E-state index contributed by atoms with van der Waals surface area (Å²) in [6, 6.07) is -0.618. The highest BCUT2D eigenvalue weighted by molar-refractivity contribution is 5.95. The normalized spacial score (nSPS) is 19.1. The van der Waals surface area contributed by atoms with E-state index in [1.807, 2.05) is 19.9 Å². The standard InChI is InChI=1S/C16H27N3O4/c1-10(2)7-6-8-11(13(20)21)12-9-18-14(17)19(12)15(22)23-16(3,4)5/h7,11-12H,6,8-9H2,1-5H3,(H2,17,18)(H,20,21)/t11-,12+/m1/s1. The van der Waals surface area contributed by atoms with Gasteiger partial charge in [-0.3, -0.25) is 9.79 Å². The molecule has 7 heteroatoms. The SMILES string of the molecule is CC(C)=CCC[C@@H](C(=O)O)[C@@H]1CN=C(N)N1C(=O)OC(C)(C)C. The highest BCUT2D eigenvalue weighted by Crippen LogP contribution is 2.24. The topological polar surface area (TPSA) is 105 Å². The zero-order chi connectivity index (χ0) is 17.8. The number of carboxylic acids is 1. The quantitative estimate of drug-likeness (QED) is 0.755. The minimum Gasteiger partial charge on any atom is -0.481 e. The van der Waals surface area contributed by atoms with E-state index in [9.17, 15) is 14.7 Å². The van der Waals surface area contributed by atoms with Crippen LogP contribution in [0.25, 0.3) is 0 Å². The number of aliphatic carboxylic acids is 1. The number of allylic oxidation sites excluding steroid dienone is 2. The van der Waals surface area contributed by atoms with Crippen LogP contribution in [0.1, 0.15) is 47.5 Å². The molecule has 0 aromatic heterocycles. The number of rotatable bonds is 5. The summed E-state index contributed by atoms with van der Waals surface area (Å²) >= 11 is 0. The van der Waals surface area contributed by atoms with Crippen molar-refractivity contribution in [2.75, 3.05) is 6.54 Å². The highest BCUT2D eigenvalue weighted by atomic mass is 16.6. The highest BCUT2D eigenvalue weighted by Gasteiger charge is 2.41. The van der Waals surface area contributed by atoms with Crippen molar-refractivity contribution in [2.45, 2.75) is 59.1 Å². The van der Waals surface area contributed by atoms with Crippen LogP contribution in [0, 0.1) is 5.92 Å². The molecule has 0 saturated heterocycles. The maximum atomic E-state index is 12.3. The third-order valence-corrected chi connectivity index (χ3v) is 3.42. The van der Waals surface area contributed by atoms with E-state index in [1.54, 1.807) is 20.8 Å². The molecule has 0 aromatic carbocycles. The molecule has 3 N–H and O–H groups in total. The van der Waals surface area contributed by atoms with E-state index in [1.165, 1.54) is 4.90 Å². The lowest BCUT2D eigenvalue weighted by Crippen LogP contribution is -2.51. The monoisotopic (exact) mass is 325 g/mol. The minimum absolute atomic E-state index is 0.0118. The van der Waals surface area contributed by atoms with Crippen LogP contribution in [0.15, 0.2) is 16.6 Å². The smallest absolute Gasteiger partial charge is 0.417 e. The van der Waals surface area contributed by atoms with Crippen LogP contribution in [-0.2, 0) is 9.53 Å². The summed E-state index contributed by atoms with van der Waals surface area (Å²) in [4.78, 5) is 29.2. The molecule has 7 nitrogen and oxygen atoms in total. The van der Waals surface area contributed by atoms with Crippen LogP contribution in [0.2, 0.25) is 0 Å². The lowest BCUT2D eigenvalue weighted by molar-refractivity contribution is -0.143. The number of hydrogen-bond donors (Lipinski definition) is 2. The van der Waals surface area contributed by atoms with Gasteiger partial charge in [-0.15, -0.1) is 0 Å². The van der Waals surface area contributed by atoms with Crippen LogP contribution < -0.4 is 5.73 Å². The second-order valence-corrected chi connectivity index (χ2v) is 6.92. The Balaban J connectivity index is 2.91. The third-order valence-electron chi connectivity index (χ3n) is 3.42. The summed E-state index contributed by atoms with van der Waals surface area (Å²) in [7, 11) is 0. The number of hydrogen-bond acceptors (Lipinski definition) is 5. The van der Waals surface area contributed by atoms with Crippen molar-refractivity contribution in [1.82, 2.24) is 4.90 Å². The van der Waals surface area contributed by atoms with E-state index in [2.05, 4.69) is 4.99 Å². The maximum Gasteiger partial charge on any atom is 0.417 e. The van der Waals surface area contributed by atoms with Gasteiger partial charge in [-0.2, -0.15) is 0 Å². The molecular formula is C16H27N3O4. The van der Waals surface area contributed by atoms with Crippen molar-refractivity contribution in [3.63, 3.8) is 0 Å². The molecular weight excluding hydrogens is 298 g/mol. The summed E-state index contributed by atoms with van der Waals surface area (Å²) in [5.74, 6) is -1.70. The number of carbonyl (C=O) groups is 2. The van der Waals surface area contributed by atoms with E-state index in [0.29, 0.717) is 12.8 Å². The summed E-state index contributed by atoms with van der Waals surface area (Å²) in [6.07, 6.45) is 2.35. The Labute approximate surface area is 137 Å². The Hall–Kier alpha value is -2.05. The molecule has 1 heterocycles. The molecule has 0 spiro atoms. The number of aliphatic imine (C=N–C) groups is 1.